The van der Waals surface area contributed by atoms with Crippen LogP contribution in [0.2, 0.25) is 0 Å². The van der Waals surface area contributed by atoms with Gasteiger partial charge in [0.25, 0.3) is 0 Å². The van der Waals surface area contributed by atoms with Crippen molar-refractivity contribution in [2.75, 3.05) is 23.4 Å². The topological polar surface area (TPSA) is 50.4 Å². The summed E-state index contributed by atoms with van der Waals surface area (Å²) in [5, 5.41) is 5.66. The number of carbonyl (C=O) groups excluding carboxylic acids is 1. The van der Waals surface area contributed by atoms with Crippen molar-refractivity contribution in [2.45, 2.75) is 18.8 Å². The Morgan fingerprint density at radius 2 is 2.19 bits per heavy atom. The molecule has 1 amide bonds. The van der Waals surface area contributed by atoms with Gasteiger partial charge in [0.2, 0.25) is 5.91 Å². The summed E-state index contributed by atoms with van der Waals surface area (Å²) in [5.41, 5.74) is 0.0169. The number of amides is 1. The minimum atomic E-state index is -4.79. The highest BCUT2D eigenvalue weighted by Crippen LogP contribution is 2.30. The molecule has 0 bridgehead atoms. The molecule has 1 aromatic rings. The molecule has 4 nitrogen and oxygen atoms in total. The molecule has 1 heterocycles. The van der Waals surface area contributed by atoms with Crippen molar-refractivity contribution in [1.29, 1.82) is 0 Å². The van der Waals surface area contributed by atoms with Crippen molar-refractivity contribution in [2.24, 2.45) is 0 Å². The van der Waals surface area contributed by atoms with Crippen molar-refractivity contribution < 1.29 is 22.7 Å². The van der Waals surface area contributed by atoms with E-state index >= 15 is 0 Å². The Bertz CT molecular complexity index is 491. The van der Waals surface area contributed by atoms with Crippen LogP contribution in [0.25, 0.3) is 0 Å². The molecule has 0 spiro atoms. The zero-order valence-corrected chi connectivity index (χ0v) is 11.9. The Hall–Kier alpha value is -1.41. The Morgan fingerprint density at radius 1 is 1.43 bits per heavy atom. The standard InChI is InChI=1S/C13H15F3N2O2S/c14-13(15,16)20-11-4-2-1-3-10(11)18-12(19)7-9-8-21-6-5-17-9/h1-4,9,17H,5-8H2,(H,18,19). The highest BCUT2D eigenvalue weighted by molar-refractivity contribution is 7.99. The second kappa shape index (κ2) is 7.04. The van der Waals surface area contributed by atoms with E-state index in [9.17, 15) is 18.0 Å². The number of thioether (sulfide) groups is 1. The van der Waals surface area contributed by atoms with Crippen LogP contribution in [0, 0.1) is 0 Å². The van der Waals surface area contributed by atoms with Crippen molar-refractivity contribution in [3.8, 4) is 5.75 Å². The summed E-state index contributed by atoms with van der Waals surface area (Å²) in [7, 11) is 0. The maximum atomic E-state index is 12.3. The van der Waals surface area contributed by atoms with Gasteiger partial charge >= 0.3 is 6.36 Å². The van der Waals surface area contributed by atoms with Gasteiger partial charge in [-0.2, -0.15) is 11.8 Å². The molecule has 0 aliphatic carbocycles. The van der Waals surface area contributed by atoms with Crippen molar-refractivity contribution >= 4 is 23.4 Å². The number of para-hydroxylation sites is 2. The third-order valence-corrected chi connectivity index (χ3v) is 3.95. The number of ether oxygens (including phenoxy) is 1. The van der Waals surface area contributed by atoms with Crippen molar-refractivity contribution in [3.05, 3.63) is 24.3 Å². The first-order valence-corrected chi connectivity index (χ1v) is 7.55. The lowest BCUT2D eigenvalue weighted by molar-refractivity contribution is -0.274. The molecular formula is C13H15F3N2O2S. The predicted octanol–water partition coefficient (Wildman–Crippen LogP) is 2.62. The van der Waals surface area contributed by atoms with Gasteiger partial charge < -0.3 is 15.4 Å². The number of carbonyl (C=O) groups is 1. The third-order valence-electron chi connectivity index (χ3n) is 2.82. The molecule has 0 saturated carbocycles. The van der Waals surface area contributed by atoms with Gasteiger partial charge in [-0.15, -0.1) is 13.2 Å². The molecule has 1 fully saturated rings. The number of anilines is 1. The number of hydrogen-bond donors (Lipinski definition) is 2. The number of nitrogens with one attached hydrogen (secondary N) is 2. The summed E-state index contributed by atoms with van der Waals surface area (Å²) < 4.78 is 40.7. The van der Waals surface area contributed by atoms with Crippen LogP contribution in [0.1, 0.15) is 6.42 Å². The minimum Gasteiger partial charge on any atom is -0.404 e. The van der Waals surface area contributed by atoms with Crippen LogP contribution in [0.15, 0.2) is 24.3 Å². The fourth-order valence-corrected chi connectivity index (χ4v) is 2.91. The normalized spacial score (nSPS) is 19.1. The first-order chi connectivity index (χ1) is 9.94. The minimum absolute atomic E-state index is 0.0169. The van der Waals surface area contributed by atoms with Gasteiger partial charge in [0.15, 0.2) is 5.75 Å². The number of rotatable bonds is 4. The van der Waals surface area contributed by atoms with Crippen LogP contribution in [0.4, 0.5) is 18.9 Å². The summed E-state index contributed by atoms with van der Waals surface area (Å²) in [6.45, 7) is 0.830. The molecule has 1 atom stereocenters. The van der Waals surface area contributed by atoms with Crippen LogP contribution < -0.4 is 15.4 Å². The van der Waals surface area contributed by atoms with Crippen molar-refractivity contribution in [1.82, 2.24) is 5.32 Å². The van der Waals surface area contributed by atoms with Gasteiger partial charge in [0, 0.05) is 30.5 Å². The van der Waals surface area contributed by atoms with Crippen LogP contribution in [-0.2, 0) is 4.79 Å². The van der Waals surface area contributed by atoms with E-state index in [1.165, 1.54) is 18.2 Å². The number of halogens is 3. The van der Waals surface area contributed by atoms with Gasteiger partial charge in [0.05, 0.1) is 5.69 Å². The van der Waals surface area contributed by atoms with Gasteiger partial charge in [0.1, 0.15) is 0 Å². The second-order valence-electron chi connectivity index (χ2n) is 4.52. The van der Waals surface area contributed by atoms with Crippen LogP contribution >= 0.6 is 11.8 Å². The van der Waals surface area contributed by atoms with Gasteiger partial charge in [-0.05, 0) is 12.1 Å². The Balaban J connectivity index is 1.96. The number of hydrogen-bond acceptors (Lipinski definition) is 4. The van der Waals surface area contributed by atoms with E-state index in [1.807, 2.05) is 0 Å². The van der Waals surface area contributed by atoms with E-state index in [4.69, 9.17) is 0 Å². The number of benzene rings is 1. The maximum absolute atomic E-state index is 12.3. The first kappa shape index (κ1) is 16.0. The van der Waals surface area contributed by atoms with Crippen LogP contribution in [0.5, 0.6) is 5.75 Å². The molecule has 21 heavy (non-hydrogen) atoms. The van der Waals surface area contributed by atoms with E-state index in [-0.39, 0.29) is 24.1 Å². The largest absolute Gasteiger partial charge is 0.573 e. The molecule has 1 aliphatic heterocycles. The SMILES string of the molecule is O=C(CC1CSCCN1)Nc1ccccc1OC(F)(F)F. The van der Waals surface area contributed by atoms with E-state index in [1.54, 1.807) is 11.8 Å². The lowest BCUT2D eigenvalue weighted by Gasteiger charge is -2.22. The Labute approximate surface area is 124 Å². The van der Waals surface area contributed by atoms with E-state index in [0.717, 1.165) is 24.1 Å². The molecule has 2 rings (SSSR count). The fourth-order valence-electron chi connectivity index (χ4n) is 1.96. The average molecular weight is 320 g/mol. The van der Waals surface area contributed by atoms with E-state index in [0.29, 0.717) is 0 Å². The molecule has 1 unspecified atom stereocenters. The molecule has 0 aromatic heterocycles. The smallest absolute Gasteiger partial charge is 0.404 e. The Kier molecular flexibility index (Phi) is 5.35. The third kappa shape index (κ3) is 5.47. The highest BCUT2D eigenvalue weighted by Gasteiger charge is 2.32. The lowest BCUT2D eigenvalue weighted by atomic mass is 10.2. The van der Waals surface area contributed by atoms with Crippen molar-refractivity contribution in [3.63, 3.8) is 0 Å². The quantitative estimate of drug-likeness (QED) is 0.895. The van der Waals surface area contributed by atoms with E-state index in [2.05, 4.69) is 15.4 Å². The highest BCUT2D eigenvalue weighted by atomic mass is 32.2. The Morgan fingerprint density at radius 3 is 2.86 bits per heavy atom. The van der Waals surface area contributed by atoms with Crippen LogP contribution in [-0.4, -0.2) is 36.4 Å². The fraction of sp³-hybridized carbons (Fsp3) is 0.462. The molecule has 8 heteroatoms. The van der Waals surface area contributed by atoms with Crippen LogP contribution in [0.3, 0.4) is 0 Å². The van der Waals surface area contributed by atoms with Gasteiger partial charge in [-0.3, -0.25) is 4.79 Å². The molecule has 1 aromatic carbocycles. The molecule has 1 aliphatic rings. The van der Waals surface area contributed by atoms with Gasteiger partial charge in [-0.25, -0.2) is 0 Å². The molecule has 2 N–H and O–H groups in total. The molecule has 1 saturated heterocycles. The summed E-state index contributed by atoms with van der Waals surface area (Å²) in [5.74, 6) is 1.06. The monoisotopic (exact) mass is 320 g/mol. The summed E-state index contributed by atoms with van der Waals surface area (Å²) in [6.07, 6.45) is -4.57. The molecule has 116 valence electrons. The summed E-state index contributed by atoms with van der Waals surface area (Å²) in [4.78, 5) is 11.9. The first-order valence-electron chi connectivity index (χ1n) is 6.40. The molecular weight excluding hydrogens is 305 g/mol. The lowest BCUT2D eigenvalue weighted by Crippen LogP contribution is -2.39. The zero-order chi connectivity index (χ0) is 15.3. The predicted molar refractivity (Wildman–Crippen MR) is 75.5 cm³/mol. The second-order valence-corrected chi connectivity index (χ2v) is 5.67. The number of alkyl halides is 3. The summed E-state index contributed by atoms with van der Waals surface area (Å²) >= 11 is 1.75. The van der Waals surface area contributed by atoms with E-state index < -0.39 is 12.1 Å². The average Bonchev–Trinajstić information content (AvgIpc) is 2.40. The zero-order valence-electron chi connectivity index (χ0n) is 11.1. The van der Waals surface area contributed by atoms with Gasteiger partial charge in [-0.1, -0.05) is 12.1 Å². The maximum Gasteiger partial charge on any atom is 0.573 e. The summed E-state index contributed by atoms with van der Waals surface area (Å²) in [6, 6.07) is 5.53. The molecule has 0 radical (unpaired) electrons.